The standard InChI is InChI=1S/C65H51BrO6/c66-38-49-29-60(71-43-50-31-62(67-39-45-17-21-52-9-1-5-13-56(52)25-45)36-63(32-50)68-40-46-18-22-53-10-2-6-14-57(53)26-46)35-61(30-49)72-44-51-33-64(69-41-47-19-23-54-11-3-7-15-58(54)27-47)37-65(34-51)70-42-48-20-24-55-12-4-8-16-59(55)28-48/h1-37H,38-44H2. The highest BCUT2D eigenvalue weighted by molar-refractivity contribution is 9.08. The molecule has 0 radical (unpaired) electrons. The van der Waals surface area contributed by atoms with E-state index in [1.807, 2.05) is 54.6 Å². The summed E-state index contributed by atoms with van der Waals surface area (Å²) in [6.45, 7) is 2.18. The van der Waals surface area contributed by atoms with Crippen molar-refractivity contribution in [3.05, 3.63) is 263 Å². The lowest BCUT2D eigenvalue weighted by atomic mass is 10.1. The van der Waals surface area contributed by atoms with Crippen LogP contribution in [0.5, 0.6) is 34.5 Å². The van der Waals surface area contributed by atoms with Crippen molar-refractivity contribution >= 4 is 59.0 Å². The number of alkyl halides is 1. The van der Waals surface area contributed by atoms with Crippen molar-refractivity contribution in [2.75, 3.05) is 0 Å². The molecule has 72 heavy (non-hydrogen) atoms. The van der Waals surface area contributed by atoms with E-state index in [0.29, 0.717) is 66.3 Å². The van der Waals surface area contributed by atoms with E-state index in [1.54, 1.807) is 0 Å². The summed E-state index contributed by atoms with van der Waals surface area (Å²) in [5.41, 5.74) is 7.15. The Morgan fingerprint density at radius 2 is 0.431 bits per heavy atom. The first kappa shape index (κ1) is 46.1. The second-order valence-corrected chi connectivity index (χ2v) is 18.6. The number of ether oxygens (including phenoxy) is 6. The summed E-state index contributed by atoms with van der Waals surface area (Å²) >= 11 is 3.68. The van der Waals surface area contributed by atoms with Gasteiger partial charge in [-0.3, -0.25) is 0 Å². The minimum atomic E-state index is 0.277. The minimum Gasteiger partial charge on any atom is -0.489 e. The second-order valence-electron chi connectivity index (χ2n) is 18.0. The van der Waals surface area contributed by atoms with Crippen LogP contribution in [0.25, 0.3) is 43.1 Å². The number of hydrogen-bond acceptors (Lipinski definition) is 6. The Morgan fingerprint density at radius 3 is 0.681 bits per heavy atom. The fourth-order valence-corrected chi connectivity index (χ4v) is 9.27. The zero-order valence-corrected chi connectivity index (χ0v) is 41.2. The molecule has 0 bridgehead atoms. The topological polar surface area (TPSA) is 55.4 Å². The molecule has 0 heterocycles. The molecule has 11 aromatic rings. The summed E-state index contributed by atoms with van der Waals surface area (Å²) < 4.78 is 38.9. The summed E-state index contributed by atoms with van der Waals surface area (Å²) in [5.74, 6) is 4.13. The van der Waals surface area contributed by atoms with Crippen molar-refractivity contribution in [3.8, 4) is 34.5 Å². The third-order valence-corrected chi connectivity index (χ3v) is 13.3. The smallest absolute Gasteiger partial charge is 0.123 e. The predicted octanol–water partition coefficient (Wildman–Crippen LogP) is 16.7. The highest BCUT2D eigenvalue weighted by Gasteiger charge is 2.12. The lowest BCUT2D eigenvalue weighted by molar-refractivity contribution is 0.276. The molecule has 6 nitrogen and oxygen atoms in total. The quantitative estimate of drug-likeness (QED) is 0.0753. The van der Waals surface area contributed by atoms with E-state index in [0.717, 1.165) is 38.9 Å². The SMILES string of the molecule is BrCc1cc(OCc2cc(OCc3ccc4ccccc4c3)cc(OCc3ccc4ccccc4c3)c2)cc(OCc2cc(OCc3ccc4ccccc4c3)cc(OCc3ccc4ccccc4c3)c2)c1. The van der Waals surface area contributed by atoms with Gasteiger partial charge in [-0.15, -0.1) is 0 Å². The van der Waals surface area contributed by atoms with Gasteiger partial charge in [0.15, 0.2) is 0 Å². The number of rotatable bonds is 19. The molecule has 0 saturated heterocycles. The van der Waals surface area contributed by atoms with Gasteiger partial charge >= 0.3 is 0 Å². The van der Waals surface area contributed by atoms with E-state index < -0.39 is 0 Å². The van der Waals surface area contributed by atoms with Gasteiger partial charge in [-0.25, -0.2) is 0 Å². The molecule has 11 aromatic carbocycles. The van der Waals surface area contributed by atoms with Gasteiger partial charge in [0.1, 0.15) is 74.1 Å². The van der Waals surface area contributed by atoms with Crippen LogP contribution in [-0.2, 0) is 45.0 Å². The molecule has 354 valence electrons. The molecule has 0 aliphatic carbocycles. The number of benzene rings is 11. The maximum Gasteiger partial charge on any atom is 0.123 e. The second kappa shape index (κ2) is 21.8. The summed E-state index contributed by atoms with van der Waals surface area (Å²) in [7, 11) is 0. The molecule has 0 amide bonds. The van der Waals surface area contributed by atoms with E-state index in [-0.39, 0.29) is 13.2 Å². The zero-order valence-electron chi connectivity index (χ0n) is 39.6. The molecule has 0 spiro atoms. The van der Waals surface area contributed by atoms with Gasteiger partial charge in [0, 0.05) is 23.5 Å². The van der Waals surface area contributed by atoms with Gasteiger partial charge in [0.25, 0.3) is 0 Å². The third kappa shape index (κ3) is 11.7. The van der Waals surface area contributed by atoms with Crippen molar-refractivity contribution in [1.82, 2.24) is 0 Å². The van der Waals surface area contributed by atoms with Crippen LogP contribution in [0.4, 0.5) is 0 Å². The molecule has 0 aliphatic rings. The Balaban J connectivity index is 0.804. The average molecular weight is 1010 g/mol. The van der Waals surface area contributed by atoms with E-state index in [9.17, 15) is 0 Å². The van der Waals surface area contributed by atoms with E-state index >= 15 is 0 Å². The molecule has 0 fully saturated rings. The fourth-order valence-electron chi connectivity index (χ4n) is 8.95. The molecule has 7 heteroatoms. The zero-order chi connectivity index (χ0) is 48.5. The largest absolute Gasteiger partial charge is 0.489 e. The molecule has 0 aliphatic heterocycles. The normalized spacial score (nSPS) is 11.2. The summed E-state index contributed by atoms with van der Waals surface area (Å²) in [6.07, 6.45) is 0. The van der Waals surface area contributed by atoms with Crippen molar-refractivity contribution in [2.45, 2.75) is 45.0 Å². The molecule has 0 unspecified atom stereocenters. The van der Waals surface area contributed by atoms with Crippen molar-refractivity contribution in [3.63, 3.8) is 0 Å². The highest BCUT2D eigenvalue weighted by atomic mass is 79.9. The van der Waals surface area contributed by atoms with Crippen LogP contribution in [-0.4, -0.2) is 0 Å². The van der Waals surface area contributed by atoms with Gasteiger partial charge in [0.2, 0.25) is 0 Å². The monoisotopic (exact) mass is 1010 g/mol. The molecular weight excluding hydrogens is 957 g/mol. The fraction of sp³-hybridized carbons (Fsp3) is 0.108. The predicted molar refractivity (Wildman–Crippen MR) is 294 cm³/mol. The molecule has 11 rings (SSSR count). The number of hydrogen-bond donors (Lipinski definition) is 0. The Hall–Kier alpha value is -8.26. The number of fused-ring (bicyclic) bond motifs is 4. The van der Waals surface area contributed by atoms with Gasteiger partial charge in [0.05, 0.1) is 0 Å². The van der Waals surface area contributed by atoms with Crippen LogP contribution < -0.4 is 28.4 Å². The summed E-state index contributed by atoms with van der Waals surface area (Å²) in [6, 6.07) is 77.1. The van der Waals surface area contributed by atoms with Crippen LogP contribution in [0.2, 0.25) is 0 Å². The number of halogens is 1. The molecule has 0 N–H and O–H groups in total. The van der Waals surface area contributed by atoms with Gasteiger partial charge in [-0.1, -0.05) is 162 Å². The third-order valence-electron chi connectivity index (χ3n) is 12.7. The van der Waals surface area contributed by atoms with Crippen LogP contribution in [0.1, 0.15) is 38.9 Å². The summed E-state index contributed by atoms with van der Waals surface area (Å²) in [4.78, 5) is 0. The lowest BCUT2D eigenvalue weighted by Gasteiger charge is -2.16. The van der Waals surface area contributed by atoms with E-state index in [2.05, 4.69) is 186 Å². The highest BCUT2D eigenvalue weighted by Crippen LogP contribution is 2.32. The van der Waals surface area contributed by atoms with Crippen LogP contribution in [0.3, 0.4) is 0 Å². The first-order chi connectivity index (χ1) is 35.5. The molecule has 0 saturated carbocycles. The molecule has 0 atom stereocenters. The first-order valence-corrected chi connectivity index (χ1v) is 25.3. The Labute approximate surface area is 428 Å². The van der Waals surface area contributed by atoms with E-state index in [4.69, 9.17) is 28.4 Å². The minimum absolute atomic E-state index is 0.277. The van der Waals surface area contributed by atoms with Crippen molar-refractivity contribution in [1.29, 1.82) is 0 Å². The maximum atomic E-state index is 6.55. The van der Waals surface area contributed by atoms with Crippen molar-refractivity contribution in [2.24, 2.45) is 0 Å². The Kier molecular flexibility index (Phi) is 14.0. The first-order valence-electron chi connectivity index (χ1n) is 24.2. The van der Waals surface area contributed by atoms with Crippen LogP contribution in [0.15, 0.2) is 224 Å². The molecular formula is C65H51BrO6. The molecule has 0 aromatic heterocycles. The van der Waals surface area contributed by atoms with Crippen molar-refractivity contribution < 1.29 is 28.4 Å². The Bertz CT molecular complexity index is 3240. The van der Waals surface area contributed by atoms with Crippen LogP contribution >= 0.6 is 15.9 Å². The van der Waals surface area contributed by atoms with Crippen LogP contribution in [0, 0.1) is 0 Å². The van der Waals surface area contributed by atoms with Gasteiger partial charge in [-0.05, 0) is 143 Å². The van der Waals surface area contributed by atoms with E-state index in [1.165, 1.54) is 43.1 Å². The Morgan fingerprint density at radius 1 is 0.208 bits per heavy atom. The summed E-state index contributed by atoms with van der Waals surface area (Å²) in [5, 5.41) is 10.1. The average Bonchev–Trinajstić information content (AvgIpc) is 3.43. The maximum absolute atomic E-state index is 6.55. The van der Waals surface area contributed by atoms with Gasteiger partial charge < -0.3 is 28.4 Å². The van der Waals surface area contributed by atoms with Gasteiger partial charge in [-0.2, -0.15) is 0 Å². The lowest BCUT2D eigenvalue weighted by Crippen LogP contribution is -2.03.